The number of nitrogens with zero attached hydrogens (tertiary/aromatic N) is 3. The van der Waals surface area contributed by atoms with Crippen LogP contribution in [-0.2, 0) is 0 Å². The van der Waals surface area contributed by atoms with E-state index in [4.69, 9.17) is 32.8 Å². The predicted molar refractivity (Wildman–Crippen MR) is 114 cm³/mol. The van der Waals surface area contributed by atoms with Crippen molar-refractivity contribution in [1.82, 2.24) is 0 Å². The third-order valence-electron chi connectivity index (χ3n) is 5.28. The number of aryl methyl sites for hydroxylation is 1. The van der Waals surface area contributed by atoms with Gasteiger partial charge in [-0.05, 0) is 56.9 Å². The molecule has 1 aliphatic heterocycles. The lowest BCUT2D eigenvalue weighted by Crippen LogP contribution is -2.58. The zero-order valence-corrected chi connectivity index (χ0v) is 16.6. The molecule has 7 heteroatoms. The second-order valence-corrected chi connectivity index (χ2v) is 7.73. The van der Waals surface area contributed by atoms with Crippen molar-refractivity contribution < 1.29 is 4.74 Å². The van der Waals surface area contributed by atoms with Gasteiger partial charge in [0.2, 0.25) is 11.9 Å². The van der Waals surface area contributed by atoms with E-state index in [-0.39, 0.29) is 5.96 Å². The maximum Gasteiger partial charge on any atom is 0.220 e. The first-order valence-corrected chi connectivity index (χ1v) is 9.89. The van der Waals surface area contributed by atoms with E-state index in [2.05, 4.69) is 4.99 Å². The molecule has 4 N–H and O–H groups in total. The maximum atomic E-state index is 6.54. The number of benzene rings is 2. The molecular formula is C21H24ClN5O. The SMILES string of the molecule is Cc1ccc(Oc2c(Cl)cccc2N2C(N)=NC(N)=NC23CCCCC3)cc1. The summed E-state index contributed by atoms with van der Waals surface area (Å²) in [6.07, 6.45) is 4.97. The molecular weight excluding hydrogens is 374 g/mol. The standard InChI is InChI=1S/C21H24ClN5O/c1-14-8-10-15(11-9-14)28-18-16(22)6-5-7-17(18)27-20(24)25-19(23)26-21(27)12-3-2-4-13-21/h5-11H,2-4,12-13H2,1H3,(H4,23,24,25,26). The molecule has 4 rings (SSSR count). The van der Waals surface area contributed by atoms with Crippen LogP contribution < -0.4 is 21.1 Å². The third kappa shape index (κ3) is 3.40. The second-order valence-electron chi connectivity index (χ2n) is 7.32. The van der Waals surface area contributed by atoms with Crippen molar-refractivity contribution in [3.63, 3.8) is 0 Å². The zero-order valence-electron chi connectivity index (χ0n) is 15.9. The van der Waals surface area contributed by atoms with Crippen LogP contribution in [0.1, 0.15) is 37.7 Å². The molecule has 28 heavy (non-hydrogen) atoms. The van der Waals surface area contributed by atoms with Crippen molar-refractivity contribution in [2.24, 2.45) is 21.5 Å². The van der Waals surface area contributed by atoms with Gasteiger partial charge in [-0.1, -0.05) is 41.8 Å². The highest BCUT2D eigenvalue weighted by atomic mass is 35.5. The summed E-state index contributed by atoms with van der Waals surface area (Å²) in [5.41, 5.74) is 13.7. The first-order chi connectivity index (χ1) is 13.5. The van der Waals surface area contributed by atoms with Gasteiger partial charge >= 0.3 is 0 Å². The Hall–Kier alpha value is -2.73. The largest absolute Gasteiger partial charge is 0.454 e. The Bertz CT molecular complexity index is 932. The lowest BCUT2D eigenvalue weighted by Gasteiger charge is -2.45. The second kappa shape index (κ2) is 7.36. The molecule has 2 aromatic rings. The Labute approximate surface area is 169 Å². The predicted octanol–water partition coefficient (Wildman–Crippen LogP) is 4.55. The molecule has 0 radical (unpaired) electrons. The van der Waals surface area contributed by atoms with E-state index in [0.29, 0.717) is 22.5 Å². The van der Waals surface area contributed by atoms with Gasteiger partial charge in [0.15, 0.2) is 5.75 Å². The molecule has 0 amide bonds. The minimum absolute atomic E-state index is 0.221. The zero-order chi connectivity index (χ0) is 19.7. The van der Waals surface area contributed by atoms with Gasteiger partial charge in [-0.3, -0.25) is 4.90 Å². The normalized spacial score (nSPS) is 18.6. The minimum Gasteiger partial charge on any atom is -0.454 e. The van der Waals surface area contributed by atoms with Crippen LogP contribution in [0.5, 0.6) is 11.5 Å². The minimum atomic E-state index is -0.551. The Morgan fingerprint density at radius 2 is 1.75 bits per heavy atom. The van der Waals surface area contributed by atoms with Crippen molar-refractivity contribution in [2.75, 3.05) is 4.90 Å². The van der Waals surface area contributed by atoms with Gasteiger partial charge in [0, 0.05) is 0 Å². The van der Waals surface area contributed by atoms with E-state index in [9.17, 15) is 0 Å². The summed E-state index contributed by atoms with van der Waals surface area (Å²) in [5.74, 6) is 1.77. The number of aliphatic imine (C=N–C) groups is 2. The van der Waals surface area contributed by atoms with Crippen LogP contribution in [0.25, 0.3) is 0 Å². The van der Waals surface area contributed by atoms with Crippen LogP contribution in [-0.4, -0.2) is 17.6 Å². The smallest absolute Gasteiger partial charge is 0.220 e. The van der Waals surface area contributed by atoms with Gasteiger partial charge in [-0.2, -0.15) is 4.99 Å². The van der Waals surface area contributed by atoms with Crippen molar-refractivity contribution >= 4 is 29.2 Å². The van der Waals surface area contributed by atoms with Crippen molar-refractivity contribution in [3.05, 3.63) is 53.1 Å². The fourth-order valence-electron chi connectivity index (χ4n) is 3.97. The molecule has 1 aliphatic carbocycles. The summed E-state index contributed by atoms with van der Waals surface area (Å²) in [7, 11) is 0. The lowest BCUT2D eigenvalue weighted by molar-refractivity contribution is 0.304. The molecule has 0 saturated heterocycles. The number of para-hydroxylation sites is 1. The molecule has 146 valence electrons. The molecule has 6 nitrogen and oxygen atoms in total. The highest BCUT2D eigenvalue weighted by Crippen LogP contribution is 2.45. The van der Waals surface area contributed by atoms with Crippen LogP contribution in [0.3, 0.4) is 0 Å². The van der Waals surface area contributed by atoms with Crippen LogP contribution in [0.15, 0.2) is 52.4 Å². The average molecular weight is 398 g/mol. The lowest BCUT2D eigenvalue weighted by atomic mass is 9.87. The monoisotopic (exact) mass is 397 g/mol. The van der Waals surface area contributed by atoms with Crippen molar-refractivity contribution in [3.8, 4) is 11.5 Å². The molecule has 2 aliphatic rings. The van der Waals surface area contributed by atoms with Crippen LogP contribution in [0.2, 0.25) is 5.02 Å². The number of ether oxygens (including phenoxy) is 1. The van der Waals surface area contributed by atoms with Gasteiger partial charge in [0.05, 0.1) is 10.7 Å². The van der Waals surface area contributed by atoms with Gasteiger partial charge in [-0.15, -0.1) is 0 Å². The van der Waals surface area contributed by atoms with Crippen LogP contribution >= 0.6 is 11.6 Å². The van der Waals surface area contributed by atoms with Gasteiger partial charge < -0.3 is 16.2 Å². The maximum absolute atomic E-state index is 6.54. The third-order valence-corrected chi connectivity index (χ3v) is 5.58. The van der Waals surface area contributed by atoms with E-state index in [0.717, 1.165) is 36.9 Å². The first kappa shape index (κ1) is 18.6. The summed E-state index contributed by atoms with van der Waals surface area (Å²) in [5, 5.41) is 0.499. The quantitative estimate of drug-likeness (QED) is 0.794. The number of nitrogens with two attached hydrogens (primary N) is 2. The van der Waals surface area contributed by atoms with Gasteiger partial charge in [-0.25, -0.2) is 4.99 Å². The number of anilines is 1. The van der Waals surface area contributed by atoms with Crippen LogP contribution in [0.4, 0.5) is 5.69 Å². The topological polar surface area (TPSA) is 89.2 Å². The molecule has 0 aromatic heterocycles. The summed E-state index contributed by atoms with van der Waals surface area (Å²) < 4.78 is 6.19. The number of hydrogen-bond acceptors (Lipinski definition) is 6. The molecule has 1 spiro atoms. The van der Waals surface area contributed by atoms with E-state index in [1.165, 1.54) is 6.42 Å². The number of hydrogen-bond donors (Lipinski definition) is 2. The summed E-state index contributed by atoms with van der Waals surface area (Å²) in [6.45, 7) is 2.03. The molecule has 0 atom stereocenters. The summed E-state index contributed by atoms with van der Waals surface area (Å²) in [6, 6.07) is 13.4. The molecule has 1 saturated carbocycles. The Morgan fingerprint density at radius 1 is 1.04 bits per heavy atom. The number of rotatable bonds is 3. The van der Waals surface area contributed by atoms with Crippen LogP contribution in [0, 0.1) is 6.92 Å². The van der Waals surface area contributed by atoms with E-state index < -0.39 is 5.66 Å². The molecule has 1 fully saturated rings. The number of halogens is 1. The fourth-order valence-corrected chi connectivity index (χ4v) is 4.18. The summed E-state index contributed by atoms with van der Waals surface area (Å²) in [4.78, 5) is 10.9. The van der Waals surface area contributed by atoms with Crippen molar-refractivity contribution in [2.45, 2.75) is 44.7 Å². The van der Waals surface area contributed by atoms with Crippen molar-refractivity contribution in [1.29, 1.82) is 0 Å². The summed E-state index contributed by atoms with van der Waals surface area (Å²) >= 11 is 6.54. The highest BCUT2D eigenvalue weighted by Gasteiger charge is 2.43. The molecule has 0 bridgehead atoms. The van der Waals surface area contributed by atoms with E-state index in [1.807, 2.05) is 48.2 Å². The molecule has 1 heterocycles. The highest BCUT2D eigenvalue weighted by molar-refractivity contribution is 6.32. The molecule has 0 unspecified atom stereocenters. The van der Waals surface area contributed by atoms with E-state index in [1.54, 1.807) is 6.07 Å². The Kier molecular flexibility index (Phi) is 4.89. The van der Waals surface area contributed by atoms with Gasteiger partial charge in [0.1, 0.15) is 11.4 Å². The molecule has 2 aromatic carbocycles. The fraction of sp³-hybridized carbons (Fsp3) is 0.333. The Balaban J connectivity index is 1.80. The first-order valence-electron chi connectivity index (χ1n) is 9.51. The average Bonchev–Trinajstić information content (AvgIpc) is 2.66. The number of guanidine groups is 2. The Morgan fingerprint density at radius 3 is 2.46 bits per heavy atom. The van der Waals surface area contributed by atoms with E-state index >= 15 is 0 Å². The van der Waals surface area contributed by atoms with Gasteiger partial charge in [0.25, 0.3) is 0 Å².